The topological polar surface area (TPSA) is 26.3 Å². The van der Waals surface area contributed by atoms with Gasteiger partial charge in [0.05, 0.1) is 6.42 Å². The average molecular weight is 147 g/mol. The number of hydrogen-bond donors (Lipinski definition) is 0. The summed E-state index contributed by atoms with van der Waals surface area (Å²) in [4.78, 5) is 10.4. The van der Waals surface area contributed by atoms with Gasteiger partial charge in [-0.25, -0.2) is 0 Å². The fraction of sp³-hybridized carbons (Fsp3) is 0.167. The van der Waals surface area contributed by atoms with Crippen LogP contribution in [0.15, 0.2) is 24.5 Å². The Labute approximate surface area is 58.8 Å². The van der Waals surface area contributed by atoms with Gasteiger partial charge in [-0.05, 0) is 0 Å². The minimum absolute atomic E-state index is 0.210. The van der Waals surface area contributed by atoms with Crippen molar-refractivity contribution in [2.45, 2.75) is 6.42 Å². The van der Waals surface area contributed by atoms with E-state index in [1.54, 1.807) is 0 Å². The molecule has 0 saturated carbocycles. The molecular weight excluding hydrogens is 140 g/mol. The second kappa shape index (κ2) is 5.38. The van der Waals surface area contributed by atoms with Gasteiger partial charge in [-0.2, -0.15) is 0 Å². The monoisotopic (exact) mass is 146 g/mol. The first-order valence-electron chi connectivity index (χ1n) is 2.37. The maximum atomic E-state index is 10.4. The number of hydrogen-bond acceptors (Lipinski definition) is 2. The van der Waals surface area contributed by atoms with E-state index in [-0.39, 0.29) is 12.4 Å². The van der Waals surface area contributed by atoms with E-state index in [1.807, 2.05) is 0 Å². The summed E-state index contributed by atoms with van der Waals surface area (Å²) in [5.74, 6) is -0.359. The number of carbonyl (C=O) groups is 1. The Balaban J connectivity index is 3.38. The van der Waals surface area contributed by atoms with Gasteiger partial charge < -0.3 is 4.74 Å². The maximum absolute atomic E-state index is 10.4. The molecule has 0 unspecified atom stereocenters. The smallest absolute Gasteiger partial charge is 0.314 e. The van der Waals surface area contributed by atoms with E-state index in [9.17, 15) is 4.79 Å². The molecule has 9 heavy (non-hydrogen) atoms. The molecule has 2 nitrogen and oxygen atoms in total. The number of esters is 1. The van der Waals surface area contributed by atoms with Gasteiger partial charge in [-0.3, -0.25) is 4.79 Å². The molecule has 0 bridgehead atoms. The second-order valence-electron chi connectivity index (χ2n) is 1.24. The van der Waals surface area contributed by atoms with Gasteiger partial charge in [-0.1, -0.05) is 17.7 Å². The molecule has 0 aromatic heterocycles. The second-order valence-corrected chi connectivity index (χ2v) is 1.50. The summed E-state index contributed by atoms with van der Waals surface area (Å²) in [6.45, 7) is 3.35. The largest absolute Gasteiger partial charge is 0.433 e. The maximum Gasteiger partial charge on any atom is 0.314 e. The number of ether oxygens (including phenoxy) is 1. The third-order valence-electron chi connectivity index (χ3n) is 0.562. The van der Waals surface area contributed by atoms with E-state index in [2.05, 4.69) is 11.3 Å². The number of rotatable bonds is 3. The Bertz CT molecular complexity index is 129. The van der Waals surface area contributed by atoms with Crippen LogP contribution in [-0.4, -0.2) is 5.97 Å². The predicted octanol–water partition coefficient (Wildman–Crippen LogP) is 1.82. The minimum Gasteiger partial charge on any atom is -0.433 e. The predicted molar refractivity (Wildman–Crippen MR) is 35.9 cm³/mol. The molecule has 0 N–H and O–H groups in total. The van der Waals surface area contributed by atoms with Crippen LogP contribution < -0.4 is 0 Å². The SMILES string of the molecule is C=CCC(=O)OC=CCl. The lowest BCUT2D eigenvalue weighted by Gasteiger charge is -1.90. The van der Waals surface area contributed by atoms with E-state index in [1.165, 1.54) is 6.08 Å². The van der Waals surface area contributed by atoms with E-state index in [0.29, 0.717) is 0 Å². The highest BCUT2D eigenvalue weighted by atomic mass is 35.5. The van der Waals surface area contributed by atoms with E-state index in [0.717, 1.165) is 11.8 Å². The summed E-state index contributed by atoms with van der Waals surface area (Å²) in [5, 5.41) is 0. The molecule has 0 aliphatic carbocycles. The Hall–Kier alpha value is -0.760. The van der Waals surface area contributed by atoms with Crippen molar-refractivity contribution < 1.29 is 9.53 Å². The highest BCUT2D eigenvalue weighted by Gasteiger charge is 1.92. The van der Waals surface area contributed by atoms with Gasteiger partial charge in [-0.15, -0.1) is 6.58 Å². The molecule has 0 radical (unpaired) electrons. The zero-order chi connectivity index (χ0) is 7.11. The highest BCUT2D eigenvalue weighted by Crippen LogP contribution is 1.88. The van der Waals surface area contributed by atoms with Crippen molar-refractivity contribution >= 4 is 17.6 Å². The molecule has 0 fully saturated rings. The Kier molecular flexibility index (Phi) is 4.92. The minimum atomic E-state index is -0.359. The van der Waals surface area contributed by atoms with Crippen LogP contribution in [0.1, 0.15) is 6.42 Å². The lowest BCUT2D eigenvalue weighted by atomic mass is 10.4. The Morgan fingerprint density at radius 1 is 1.78 bits per heavy atom. The van der Waals surface area contributed by atoms with Gasteiger partial charge in [0.25, 0.3) is 0 Å². The average Bonchev–Trinajstić information content (AvgIpc) is 1.85. The van der Waals surface area contributed by atoms with Crippen LogP contribution in [0.2, 0.25) is 0 Å². The molecule has 0 amide bonds. The van der Waals surface area contributed by atoms with Crippen molar-refractivity contribution in [3.05, 3.63) is 24.5 Å². The Morgan fingerprint density at radius 3 is 2.89 bits per heavy atom. The van der Waals surface area contributed by atoms with Crippen molar-refractivity contribution in [1.82, 2.24) is 0 Å². The molecule has 0 aromatic rings. The zero-order valence-electron chi connectivity index (χ0n) is 4.84. The fourth-order valence-corrected chi connectivity index (χ4v) is 0.319. The van der Waals surface area contributed by atoms with Crippen molar-refractivity contribution in [3.63, 3.8) is 0 Å². The van der Waals surface area contributed by atoms with Crippen LogP contribution in [0, 0.1) is 0 Å². The van der Waals surface area contributed by atoms with E-state index >= 15 is 0 Å². The molecule has 0 spiro atoms. The van der Waals surface area contributed by atoms with Crippen LogP contribution in [0.25, 0.3) is 0 Å². The Morgan fingerprint density at radius 2 is 2.44 bits per heavy atom. The third-order valence-corrected chi connectivity index (χ3v) is 0.665. The fourth-order valence-electron chi connectivity index (χ4n) is 0.268. The number of carbonyl (C=O) groups excluding carboxylic acids is 1. The van der Waals surface area contributed by atoms with Crippen LogP contribution >= 0.6 is 11.6 Å². The van der Waals surface area contributed by atoms with Crippen molar-refractivity contribution in [2.75, 3.05) is 0 Å². The van der Waals surface area contributed by atoms with Crippen molar-refractivity contribution in [3.8, 4) is 0 Å². The van der Waals surface area contributed by atoms with Crippen LogP contribution in [0.4, 0.5) is 0 Å². The molecular formula is C6H7ClO2. The molecule has 3 heteroatoms. The first-order valence-corrected chi connectivity index (χ1v) is 2.80. The first kappa shape index (κ1) is 8.24. The highest BCUT2D eigenvalue weighted by molar-refractivity contribution is 6.25. The summed E-state index contributed by atoms with van der Waals surface area (Å²) in [7, 11) is 0. The van der Waals surface area contributed by atoms with Crippen molar-refractivity contribution in [2.24, 2.45) is 0 Å². The van der Waals surface area contributed by atoms with Crippen LogP contribution in [0.5, 0.6) is 0 Å². The number of halogens is 1. The molecule has 50 valence electrons. The van der Waals surface area contributed by atoms with Crippen LogP contribution in [-0.2, 0) is 9.53 Å². The molecule has 0 heterocycles. The van der Waals surface area contributed by atoms with Gasteiger partial charge in [0.15, 0.2) is 0 Å². The molecule has 0 saturated heterocycles. The third kappa shape index (κ3) is 5.11. The van der Waals surface area contributed by atoms with Gasteiger partial charge in [0.1, 0.15) is 6.26 Å². The molecule has 0 atom stereocenters. The van der Waals surface area contributed by atoms with Crippen LogP contribution in [0.3, 0.4) is 0 Å². The summed E-state index contributed by atoms with van der Waals surface area (Å²) >= 11 is 5.06. The molecule has 0 aliphatic rings. The van der Waals surface area contributed by atoms with Gasteiger partial charge in [0.2, 0.25) is 0 Å². The quantitative estimate of drug-likeness (QED) is 0.345. The lowest BCUT2D eigenvalue weighted by Crippen LogP contribution is -1.95. The van der Waals surface area contributed by atoms with Gasteiger partial charge in [0, 0.05) is 5.54 Å². The standard InChI is InChI=1S/C6H7ClO2/c1-2-3-6(8)9-5-4-7/h2,4-5H,1,3H2. The summed E-state index contributed by atoms with van der Waals surface area (Å²) in [6.07, 6.45) is 2.79. The molecule has 0 rings (SSSR count). The lowest BCUT2D eigenvalue weighted by molar-refractivity contribution is -0.136. The van der Waals surface area contributed by atoms with E-state index < -0.39 is 0 Å². The summed E-state index contributed by atoms with van der Waals surface area (Å²) in [5.41, 5.74) is 1.13. The molecule has 0 aromatic carbocycles. The normalized spacial score (nSPS) is 9.44. The zero-order valence-corrected chi connectivity index (χ0v) is 5.60. The van der Waals surface area contributed by atoms with Crippen molar-refractivity contribution in [1.29, 1.82) is 0 Å². The summed E-state index contributed by atoms with van der Waals surface area (Å²) in [6, 6.07) is 0. The first-order chi connectivity index (χ1) is 4.31. The molecule has 0 aliphatic heterocycles. The van der Waals surface area contributed by atoms with E-state index in [4.69, 9.17) is 11.6 Å². The van der Waals surface area contributed by atoms with Gasteiger partial charge >= 0.3 is 5.97 Å². The summed E-state index contributed by atoms with van der Waals surface area (Å²) < 4.78 is 4.41.